The minimum atomic E-state index is 0.673. The Balaban J connectivity index is 2.49. The van der Waals surface area contributed by atoms with Crippen LogP contribution in [0.5, 0.6) is 5.75 Å². The number of hydrogen-bond acceptors (Lipinski definition) is 3. The highest BCUT2D eigenvalue weighted by Gasteiger charge is 2.04. The van der Waals surface area contributed by atoms with E-state index in [0.29, 0.717) is 6.54 Å². The number of benzene rings is 1. The van der Waals surface area contributed by atoms with E-state index in [9.17, 15) is 0 Å². The number of rotatable bonds is 7. The van der Waals surface area contributed by atoms with E-state index in [2.05, 4.69) is 36.1 Å². The molecule has 0 fully saturated rings. The van der Waals surface area contributed by atoms with Crippen molar-refractivity contribution < 1.29 is 4.74 Å². The average molecular weight is 306 g/mol. The fourth-order valence-corrected chi connectivity index (χ4v) is 2.11. The number of guanidine groups is 1. The van der Waals surface area contributed by atoms with Gasteiger partial charge in [-0.25, -0.2) is 4.99 Å². The summed E-state index contributed by atoms with van der Waals surface area (Å²) in [4.78, 5) is 10.8. The van der Waals surface area contributed by atoms with Gasteiger partial charge < -0.3 is 19.4 Å². The van der Waals surface area contributed by atoms with Crippen LogP contribution in [0.2, 0.25) is 0 Å². The molecular weight excluding hydrogens is 276 g/mol. The second kappa shape index (κ2) is 9.30. The summed E-state index contributed by atoms with van der Waals surface area (Å²) in [6.07, 6.45) is 1.04. The molecule has 124 valence electrons. The SMILES string of the molecule is CN(C)CCCOc1ccc(CN=C(N(C)C)N(C)C)cc1. The Morgan fingerprint density at radius 1 is 0.955 bits per heavy atom. The third-order valence-electron chi connectivity index (χ3n) is 3.14. The van der Waals surface area contributed by atoms with Crippen molar-refractivity contribution in [1.29, 1.82) is 0 Å². The maximum atomic E-state index is 5.73. The van der Waals surface area contributed by atoms with Gasteiger partial charge in [0.25, 0.3) is 0 Å². The lowest BCUT2D eigenvalue weighted by molar-refractivity contribution is 0.281. The van der Waals surface area contributed by atoms with Crippen molar-refractivity contribution in [2.24, 2.45) is 4.99 Å². The number of aliphatic imine (C=N–C) groups is 1. The minimum absolute atomic E-state index is 0.673. The number of nitrogens with zero attached hydrogens (tertiary/aromatic N) is 4. The van der Waals surface area contributed by atoms with Crippen LogP contribution in [0.3, 0.4) is 0 Å². The molecule has 1 rings (SSSR count). The molecule has 5 heteroatoms. The van der Waals surface area contributed by atoms with Crippen LogP contribution in [0.25, 0.3) is 0 Å². The van der Waals surface area contributed by atoms with Crippen molar-refractivity contribution in [3.8, 4) is 5.75 Å². The summed E-state index contributed by atoms with van der Waals surface area (Å²) in [6.45, 7) is 2.47. The fourth-order valence-electron chi connectivity index (χ4n) is 2.11. The first-order valence-electron chi connectivity index (χ1n) is 7.65. The lowest BCUT2D eigenvalue weighted by Crippen LogP contribution is -2.35. The van der Waals surface area contributed by atoms with Crippen LogP contribution < -0.4 is 4.74 Å². The standard InChI is InChI=1S/C17H30N4O/c1-19(2)12-7-13-22-16-10-8-15(9-11-16)14-18-17(20(3)4)21(5)6/h8-11H,7,12-14H2,1-6H3. The van der Waals surface area contributed by atoms with Gasteiger partial charge in [0.1, 0.15) is 5.75 Å². The molecule has 0 saturated carbocycles. The van der Waals surface area contributed by atoms with Crippen LogP contribution in [-0.4, -0.2) is 76.1 Å². The van der Waals surface area contributed by atoms with Crippen molar-refractivity contribution >= 4 is 5.96 Å². The van der Waals surface area contributed by atoms with Gasteiger partial charge in [0.15, 0.2) is 5.96 Å². The molecule has 0 spiro atoms. The quantitative estimate of drug-likeness (QED) is 0.438. The predicted molar refractivity (Wildman–Crippen MR) is 93.6 cm³/mol. The topological polar surface area (TPSA) is 31.3 Å². The Morgan fingerprint density at radius 2 is 1.55 bits per heavy atom. The van der Waals surface area contributed by atoms with Gasteiger partial charge in [-0.1, -0.05) is 12.1 Å². The zero-order chi connectivity index (χ0) is 16.5. The molecule has 0 saturated heterocycles. The van der Waals surface area contributed by atoms with E-state index in [1.165, 1.54) is 5.56 Å². The lowest BCUT2D eigenvalue weighted by atomic mass is 10.2. The zero-order valence-corrected chi connectivity index (χ0v) is 14.8. The van der Waals surface area contributed by atoms with Gasteiger partial charge in [-0.2, -0.15) is 0 Å². The van der Waals surface area contributed by atoms with E-state index < -0.39 is 0 Å². The van der Waals surface area contributed by atoms with Gasteiger partial charge in [-0.3, -0.25) is 0 Å². The maximum absolute atomic E-state index is 5.73. The van der Waals surface area contributed by atoms with Crippen molar-refractivity contribution in [3.05, 3.63) is 29.8 Å². The monoisotopic (exact) mass is 306 g/mol. The molecule has 0 heterocycles. The second-order valence-electron chi connectivity index (χ2n) is 6.05. The molecule has 0 amide bonds. The number of hydrogen-bond donors (Lipinski definition) is 0. The van der Waals surface area contributed by atoms with Crippen molar-refractivity contribution in [2.45, 2.75) is 13.0 Å². The molecule has 0 N–H and O–H groups in total. The Kier molecular flexibility index (Phi) is 7.74. The van der Waals surface area contributed by atoms with Crippen LogP contribution in [0.4, 0.5) is 0 Å². The smallest absolute Gasteiger partial charge is 0.195 e. The van der Waals surface area contributed by atoms with Gasteiger partial charge in [0.05, 0.1) is 13.2 Å². The van der Waals surface area contributed by atoms with E-state index in [1.54, 1.807) is 0 Å². The van der Waals surface area contributed by atoms with E-state index in [1.807, 2.05) is 50.1 Å². The third kappa shape index (κ3) is 6.80. The third-order valence-corrected chi connectivity index (χ3v) is 3.14. The molecule has 1 aromatic carbocycles. The summed E-state index contributed by atoms with van der Waals surface area (Å²) in [6, 6.07) is 8.19. The van der Waals surface area contributed by atoms with Crippen molar-refractivity contribution in [1.82, 2.24) is 14.7 Å². The van der Waals surface area contributed by atoms with Gasteiger partial charge in [-0.05, 0) is 38.2 Å². The molecule has 0 aliphatic carbocycles. The minimum Gasteiger partial charge on any atom is -0.494 e. The van der Waals surface area contributed by atoms with E-state index in [0.717, 1.165) is 31.3 Å². The van der Waals surface area contributed by atoms with E-state index in [-0.39, 0.29) is 0 Å². The Morgan fingerprint density at radius 3 is 2.05 bits per heavy atom. The molecule has 0 aliphatic heterocycles. The summed E-state index contributed by atoms with van der Waals surface area (Å²) in [5.74, 6) is 1.89. The summed E-state index contributed by atoms with van der Waals surface area (Å²) in [5, 5.41) is 0. The predicted octanol–water partition coefficient (Wildman–Crippen LogP) is 2.00. The van der Waals surface area contributed by atoms with Gasteiger partial charge in [0, 0.05) is 34.7 Å². The van der Waals surface area contributed by atoms with Crippen molar-refractivity contribution in [2.75, 3.05) is 55.4 Å². The molecule has 0 aliphatic rings. The van der Waals surface area contributed by atoms with Crippen molar-refractivity contribution in [3.63, 3.8) is 0 Å². The molecule has 5 nitrogen and oxygen atoms in total. The van der Waals surface area contributed by atoms with Crippen LogP contribution in [0.1, 0.15) is 12.0 Å². The van der Waals surface area contributed by atoms with Crippen LogP contribution in [0.15, 0.2) is 29.3 Å². The summed E-state index contributed by atoms with van der Waals surface area (Å²) in [7, 11) is 12.2. The molecule has 22 heavy (non-hydrogen) atoms. The first-order valence-corrected chi connectivity index (χ1v) is 7.65. The number of ether oxygens (including phenoxy) is 1. The zero-order valence-electron chi connectivity index (χ0n) is 14.8. The molecule has 1 aromatic rings. The Bertz CT molecular complexity index is 442. The maximum Gasteiger partial charge on any atom is 0.195 e. The molecule has 0 bridgehead atoms. The van der Waals surface area contributed by atoms with E-state index >= 15 is 0 Å². The van der Waals surface area contributed by atoms with Crippen LogP contribution in [0, 0.1) is 0 Å². The first-order chi connectivity index (χ1) is 10.4. The Hall–Kier alpha value is -1.75. The highest BCUT2D eigenvalue weighted by Crippen LogP contribution is 2.13. The molecule has 0 aromatic heterocycles. The molecule has 0 unspecified atom stereocenters. The van der Waals surface area contributed by atoms with Gasteiger partial charge in [0.2, 0.25) is 0 Å². The normalized spacial score (nSPS) is 10.5. The van der Waals surface area contributed by atoms with E-state index in [4.69, 9.17) is 4.74 Å². The molecular formula is C17H30N4O. The van der Waals surface area contributed by atoms with Gasteiger partial charge >= 0.3 is 0 Å². The largest absolute Gasteiger partial charge is 0.494 e. The molecule has 0 atom stereocenters. The summed E-state index contributed by atoms with van der Waals surface area (Å²) in [5.41, 5.74) is 1.18. The summed E-state index contributed by atoms with van der Waals surface area (Å²) < 4.78 is 5.73. The lowest BCUT2D eigenvalue weighted by Gasteiger charge is -2.22. The highest BCUT2D eigenvalue weighted by atomic mass is 16.5. The molecule has 0 radical (unpaired) electrons. The van der Waals surface area contributed by atoms with Crippen LogP contribution in [-0.2, 0) is 6.54 Å². The Labute approximate surface area is 135 Å². The summed E-state index contributed by atoms with van der Waals surface area (Å²) >= 11 is 0. The second-order valence-corrected chi connectivity index (χ2v) is 6.05. The average Bonchev–Trinajstić information content (AvgIpc) is 2.44. The highest BCUT2D eigenvalue weighted by molar-refractivity contribution is 5.79. The van der Waals surface area contributed by atoms with Gasteiger partial charge in [-0.15, -0.1) is 0 Å². The van der Waals surface area contributed by atoms with Crippen LogP contribution >= 0.6 is 0 Å². The first kappa shape index (κ1) is 18.3. The fraction of sp³-hybridized carbons (Fsp3) is 0.588.